The first-order chi connectivity index (χ1) is 23.5. The molecule has 2 saturated carbocycles. The van der Waals surface area contributed by atoms with Gasteiger partial charge in [0.25, 0.3) is 17.7 Å². The summed E-state index contributed by atoms with van der Waals surface area (Å²) in [5.74, 6) is -3.68. The molecule has 5 rings (SSSR count). The van der Waals surface area contributed by atoms with Crippen molar-refractivity contribution < 1.29 is 33.6 Å². The summed E-state index contributed by atoms with van der Waals surface area (Å²) in [5, 5.41) is 8.75. The molecule has 2 aliphatic carbocycles. The quantitative estimate of drug-likeness (QED) is 0.191. The molecular formula is C37H52N6O7. The molecule has 5 N–H and O–H groups in total. The molecule has 3 fully saturated rings. The van der Waals surface area contributed by atoms with Crippen LogP contribution in [-0.2, 0) is 19.2 Å². The van der Waals surface area contributed by atoms with E-state index in [0.29, 0.717) is 36.8 Å². The first-order valence-electron chi connectivity index (χ1n) is 18.0. The van der Waals surface area contributed by atoms with E-state index in [1.807, 2.05) is 34.6 Å². The highest BCUT2D eigenvalue weighted by atomic mass is 16.2. The summed E-state index contributed by atoms with van der Waals surface area (Å²) in [5.41, 5.74) is 4.34. The smallest absolute Gasteiger partial charge is 0.315 e. The predicted molar refractivity (Wildman–Crippen MR) is 184 cm³/mol. The summed E-state index contributed by atoms with van der Waals surface area (Å²) < 4.78 is 0. The van der Waals surface area contributed by atoms with E-state index in [1.54, 1.807) is 24.3 Å². The summed E-state index contributed by atoms with van der Waals surface area (Å²) in [6, 6.07) is 3.05. The van der Waals surface area contributed by atoms with Crippen LogP contribution in [0.1, 0.15) is 113 Å². The van der Waals surface area contributed by atoms with Crippen LogP contribution in [0.2, 0.25) is 0 Å². The SMILES string of the molecule is CC(C)[C@H]1CCN(C(=O)[C@@H](NC(=O)NC2(CN3C(=O)c4ccccc4C3=O)CCCCC2)C(C)(C)C)[C@@H]1C(=O)NC(CC1CC1)C(=O)C(N)=O. The molecule has 2 aliphatic heterocycles. The topological polar surface area (TPSA) is 188 Å². The van der Waals surface area contributed by atoms with Crippen molar-refractivity contribution in [1.29, 1.82) is 0 Å². The number of carbonyl (C=O) groups excluding carboxylic acids is 7. The van der Waals surface area contributed by atoms with Crippen molar-refractivity contribution in [2.45, 2.75) is 116 Å². The molecule has 272 valence electrons. The molecule has 1 aromatic carbocycles. The molecule has 2 heterocycles. The van der Waals surface area contributed by atoms with Gasteiger partial charge >= 0.3 is 6.03 Å². The Kier molecular flexibility index (Phi) is 10.7. The van der Waals surface area contributed by atoms with Crippen molar-refractivity contribution >= 4 is 41.4 Å². The lowest BCUT2D eigenvalue weighted by atomic mass is 9.81. The number of hydrogen-bond acceptors (Lipinski definition) is 7. The zero-order chi connectivity index (χ0) is 36.5. The number of rotatable bonds is 12. The van der Waals surface area contributed by atoms with Crippen LogP contribution in [0.4, 0.5) is 4.79 Å². The molecule has 50 heavy (non-hydrogen) atoms. The van der Waals surface area contributed by atoms with Crippen LogP contribution < -0.4 is 21.7 Å². The van der Waals surface area contributed by atoms with Crippen LogP contribution >= 0.6 is 0 Å². The molecule has 4 aliphatic rings. The number of hydrogen-bond donors (Lipinski definition) is 4. The number of imide groups is 1. The minimum atomic E-state index is -1.11. The Morgan fingerprint density at radius 1 is 0.920 bits per heavy atom. The van der Waals surface area contributed by atoms with Crippen LogP contribution in [0.5, 0.6) is 0 Å². The number of fused-ring (bicyclic) bond motifs is 1. The van der Waals surface area contributed by atoms with Crippen molar-refractivity contribution in [2.75, 3.05) is 13.1 Å². The van der Waals surface area contributed by atoms with Crippen LogP contribution in [0, 0.1) is 23.2 Å². The number of amides is 7. The molecule has 0 spiro atoms. The van der Waals surface area contributed by atoms with Gasteiger partial charge in [-0.25, -0.2) is 4.79 Å². The van der Waals surface area contributed by atoms with E-state index < -0.39 is 70.4 Å². The zero-order valence-corrected chi connectivity index (χ0v) is 29.9. The van der Waals surface area contributed by atoms with Crippen molar-refractivity contribution in [2.24, 2.45) is 28.9 Å². The fraction of sp³-hybridized carbons (Fsp3) is 0.649. The number of ketones is 1. The Morgan fingerprint density at radius 3 is 2.04 bits per heavy atom. The van der Waals surface area contributed by atoms with E-state index in [0.717, 1.165) is 32.1 Å². The van der Waals surface area contributed by atoms with Crippen molar-refractivity contribution in [3.63, 3.8) is 0 Å². The van der Waals surface area contributed by atoms with E-state index >= 15 is 0 Å². The molecule has 0 aromatic heterocycles. The standard InChI is InChI=1S/C37H52N6O7/c1-21(2)23-15-18-42(27(23)31(46)39-26(19-22-13-14-22)28(44)30(38)45)34(49)29(36(3,4)5)40-35(50)41-37(16-9-6-10-17-37)20-43-32(47)24-11-7-8-12-25(24)33(43)48/h7-8,11-12,21-23,26-27,29H,6,9-10,13-20H2,1-5H3,(H2,38,45)(H,39,46)(H2,40,41,50)/t23-,26?,27+,29-/m1/s1. The Hall–Kier alpha value is -4.29. The fourth-order valence-corrected chi connectivity index (χ4v) is 7.90. The van der Waals surface area contributed by atoms with Gasteiger partial charge in [0.05, 0.1) is 29.3 Å². The van der Waals surface area contributed by atoms with Crippen LogP contribution in [-0.4, -0.2) is 87.9 Å². The van der Waals surface area contributed by atoms with E-state index in [4.69, 9.17) is 5.73 Å². The van der Waals surface area contributed by atoms with Gasteiger partial charge < -0.3 is 26.6 Å². The van der Waals surface area contributed by atoms with Crippen molar-refractivity contribution in [1.82, 2.24) is 25.8 Å². The number of Topliss-reactive ketones (excluding diaryl/α,β-unsaturated/α-hetero) is 1. The first kappa shape index (κ1) is 37.0. The van der Waals surface area contributed by atoms with Crippen LogP contribution in [0.3, 0.4) is 0 Å². The number of nitrogens with zero attached hydrogens (tertiary/aromatic N) is 2. The number of nitrogens with one attached hydrogen (secondary N) is 3. The fourth-order valence-electron chi connectivity index (χ4n) is 7.90. The van der Waals surface area contributed by atoms with Crippen molar-refractivity contribution in [3.05, 3.63) is 35.4 Å². The zero-order valence-electron chi connectivity index (χ0n) is 29.9. The minimum Gasteiger partial charge on any atom is -0.363 e. The van der Waals surface area contributed by atoms with E-state index in [1.165, 1.54) is 9.80 Å². The van der Waals surface area contributed by atoms with Crippen LogP contribution in [0.15, 0.2) is 24.3 Å². The predicted octanol–water partition coefficient (Wildman–Crippen LogP) is 2.91. The van der Waals surface area contributed by atoms with E-state index in [9.17, 15) is 33.6 Å². The first-order valence-corrected chi connectivity index (χ1v) is 18.0. The van der Waals surface area contributed by atoms with Gasteiger partial charge in [-0.1, -0.05) is 78.9 Å². The third-order valence-corrected chi connectivity index (χ3v) is 10.9. The van der Waals surface area contributed by atoms with Gasteiger partial charge in [-0.15, -0.1) is 0 Å². The van der Waals surface area contributed by atoms with Gasteiger partial charge in [-0.2, -0.15) is 0 Å². The summed E-state index contributed by atoms with van der Waals surface area (Å²) in [4.78, 5) is 96.0. The van der Waals surface area contributed by atoms with Gasteiger partial charge in [0.1, 0.15) is 12.1 Å². The summed E-state index contributed by atoms with van der Waals surface area (Å²) in [6.07, 6.45) is 6.33. The van der Waals surface area contributed by atoms with Crippen LogP contribution in [0.25, 0.3) is 0 Å². The summed E-state index contributed by atoms with van der Waals surface area (Å²) in [6.45, 7) is 9.71. The lowest BCUT2D eigenvalue weighted by Gasteiger charge is -2.41. The molecule has 1 saturated heterocycles. The maximum Gasteiger partial charge on any atom is 0.315 e. The molecule has 0 radical (unpaired) electrons. The molecule has 7 amide bonds. The maximum atomic E-state index is 14.5. The number of urea groups is 1. The van der Waals surface area contributed by atoms with Gasteiger partial charge in [-0.05, 0) is 61.0 Å². The third kappa shape index (κ3) is 7.86. The van der Waals surface area contributed by atoms with E-state index in [-0.39, 0.29) is 30.8 Å². The second-order valence-electron chi connectivity index (χ2n) is 16.1. The number of primary amides is 1. The Labute approximate surface area is 293 Å². The van der Waals surface area contributed by atoms with Gasteiger partial charge in [0, 0.05) is 6.54 Å². The van der Waals surface area contributed by atoms with Gasteiger partial charge in [-0.3, -0.25) is 33.7 Å². The molecule has 1 aromatic rings. The third-order valence-electron chi connectivity index (χ3n) is 10.9. The highest BCUT2D eigenvalue weighted by Gasteiger charge is 2.49. The molecule has 1 unspecified atom stereocenters. The van der Waals surface area contributed by atoms with Crippen molar-refractivity contribution in [3.8, 4) is 0 Å². The number of nitrogens with two attached hydrogens (primary N) is 1. The molecular weight excluding hydrogens is 640 g/mol. The Balaban J connectivity index is 1.34. The second kappa shape index (κ2) is 14.5. The average molecular weight is 693 g/mol. The molecule has 13 heteroatoms. The maximum absolute atomic E-state index is 14.5. The molecule has 4 atom stereocenters. The summed E-state index contributed by atoms with van der Waals surface area (Å²) >= 11 is 0. The highest BCUT2D eigenvalue weighted by Crippen LogP contribution is 2.36. The highest BCUT2D eigenvalue weighted by molar-refractivity contribution is 6.37. The van der Waals surface area contributed by atoms with E-state index in [2.05, 4.69) is 16.0 Å². The average Bonchev–Trinajstić information content (AvgIpc) is 3.71. The Morgan fingerprint density at radius 2 is 1.52 bits per heavy atom. The second-order valence-corrected chi connectivity index (χ2v) is 16.1. The number of likely N-dealkylation sites (tertiary alicyclic amines) is 1. The monoisotopic (exact) mass is 692 g/mol. The molecule has 13 nitrogen and oxygen atoms in total. The Bertz CT molecular complexity index is 1510. The lowest BCUT2D eigenvalue weighted by molar-refractivity contribution is -0.144. The largest absolute Gasteiger partial charge is 0.363 e. The summed E-state index contributed by atoms with van der Waals surface area (Å²) in [7, 11) is 0. The molecule has 0 bridgehead atoms. The number of carbonyl (C=O) groups is 7. The van der Waals surface area contributed by atoms with Gasteiger partial charge in [0.2, 0.25) is 17.6 Å². The normalized spacial score (nSPS) is 22.9. The number of benzene rings is 1. The minimum absolute atomic E-state index is 0.0113. The van der Waals surface area contributed by atoms with Gasteiger partial charge in [0.15, 0.2) is 0 Å². The lowest BCUT2D eigenvalue weighted by Crippen LogP contribution is -2.64.